The van der Waals surface area contributed by atoms with Crippen molar-refractivity contribution >= 4 is 28.3 Å². The first kappa shape index (κ1) is 22.1. The van der Waals surface area contributed by atoms with Gasteiger partial charge >= 0.3 is 0 Å². The van der Waals surface area contributed by atoms with Gasteiger partial charge in [-0.05, 0) is 55.8 Å². The van der Waals surface area contributed by atoms with Gasteiger partial charge in [0.2, 0.25) is 15.9 Å². The predicted molar refractivity (Wildman–Crippen MR) is 105 cm³/mol. The third kappa shape index (κ3) is 6.14. The second-order valence-corrected chi connectivity index (χ2v) is 9.11. The topological polar surface area (TPSA) is 78.5 Å². The standard InChI is InChI=1S/C18H26FN3O3S.ClH/c19-16-7-5-14(6-8-16)13-26(24,25)22-10-2-3-15(12-22)11-21-18(23)17-4-1-9-20-17;/h5-8,15,17,20H,1-4,9-13H2,(H,21,23);1H. The average Bonchev–Trinajstić information content (AvgIpc) is 3.16. The smallest absolute Gasteiger partial charge is 0.237 e. The molecule has 27 heavy (non-hydrogen) atoms. The lowest BCUT2D eigenvalue weighted by Gasteiger charge is -2.32. The van der Waals surface area contributed by atoms with Crippen molar-refractivity contribution in [3.63, 3.8) is 0 Å². The van der Waals surface area contributed by atoms with E-state index in [1.807, 2.05) is 0 Å². The van der Waals surface area contributed by atoms with Gasteiger partial charge in [0.1, 0.15) is 5.82 Å². The number of carbonyl (C=O) groups is 1. The molecule has 2 unspecified atom stereocenters. The molecular weight excluding hydrogens is 393 g/mol. The van der Waals surface area contributed by atoms with Gasteiger partial charge < -0.3 is 10.6 Å². The zero-order chi connectivity index (χ0) is 18.6. The minimum Gasteiger partial charge on any atom is -0.354 e. The van der Waals surface area contributed by atoms with Gasteiger partial charge in [0, 0.05) is 19.6 Å². The van der Waals surface area contributed by atoms with Crippen LogP contribution in [-0.4, -0.2) is 50.9 Å². The number of piperidine rings is 1. The number of benzene rings is 1. The molecule has 2 N–H and O–H groups in total. The third-order valence-electron chi connectivity index (χ3n) is 5.08. The number of carbonyl (C=O) groups excluding carboxylic acids is 1. The van der Waals surface area contributed by atoms with Gasteiger partial charge in [-0.25, -0.2) is 17.1 Å². The van der Waals surface area contributed by atoms with Crippen molar-refractivity contribution in [2.45, 2.75) is 37.5 Å². The molecule has 3 rings (SSSR count). The van der Waals surface area contributed by atoms with Gasteiger partial charge in [0.25, 0.3) is 0 Å². The Morgan fingerprint density at radius 3 is 2.63 bits per heavy atom. The fourth-order valence-electron chi connectivity index (χ4n) is 3.61. The van der Waals surface area contributed by atoms with E-state index in [1.54, 1.807) is 0 Å². The molecule has 2 heterocycles. The second-order valence-electron chi connectivity index (χ2n) is 7.14. The van der Waals surface area contributed by atoms with E-state index < -0.39 is 10.0 Å². The predicted octanol–water partition coefficient (Wildman–Crippen LogP) is 1.66. The fourth-order valence-corrected chi connectivity index (χ4v) is 5.25. The van der Waals surface area contributed by atoms with Crippen LogP contribution < -0.4 is 10.6 Å². The van der Waals surface area contributed by atoms with Gasteiger partial charge in [-0.3, -0.25) is 4.79 Å². The molecule has 2 saturated heterocycles. The monoisotopic (exact) mass is 419 g/mol. The van der Waals surface area contributed by atoms with Crippen LogP contribution in [-0.2, 0) is 20.6 Å². The summed E-state index contributed by atoms with van der Waals surface area (Å²) in [6.07, 6.45) is 3.55. The summed E-state index contributed by atoms with van der Waals surface area (Å²) in [4.78, 5) is 12.1. The highest BCUT2D eigenvalue weighted by atomic mass is 35.5. The Labute approximate surface area is 166 Å². The number of hydrogen-bond donors (Lipinski definition) is 2. The molecule has 2 aliphatic rings. The van der Waals surface area contributed by atoms with E-state index in [1.165, 1.54) is 28.6 Å². The normalized spacial score (nSPS) is 23.6. The van der Waals surface area contributed by atoms with Crippen molar-refractivity contribution in [1.82, 2.24) is 14.9 Å². The summed E-state index contributed by atoms with van der Waals surface area (Å²) in [5.41, 5.74) is 0.578. The molecule has 2 aliphatic heterocycles. The molecular formula is C18H27ClFN3O3S. The lowest BCUT2D eigenvalue weighted by Crippen LogP contribution is -2.46. The SMILES string of the molecule is Cl.O=C(NCC1CCCN(S(=O)(=O)Cc2ccc(F)cc2)C1)C1CCCN1. The maximum absolute atomic E-state index is 13.0. The molecule has 1 amide bonds. The minimum absolute atomic E-state index is 0. The number of sulfonamides is 1. The lowest BCUT2D eigenvalue weighted by atomic mass is 9.99. The van der Waals surface area contributed by atoms with Crippen LogP contribution in [0.2, 0.25) is 0 Å². The van der Waals surface area contributed by atoms with Gasteiger partial charge in [-0.15, -0.1) is 12.4 Å². The number of rotatable bonds is 6. The summed E-state index contributed by atoms with van der Waals surface area (Å²) < 4.78 is 39.8. The quantitative estimate of drug-likeness (QED) is 0.735. The molecule has 6 nitrogen and oxygen atoms in total. The first-order valence-electron chi connectivity index (χ1n) is 9.17. The van der Waals surface area contributed by atoms with Crippen LogP contribution in [0, 0.1) is 11.7 Å². The Morgan fingerprint density at radius 2 is 1.96 bits per heavy atom. The number of nitrogens with zero attached hydrogens (tertiary/aromatic N) is 1. The molecule has 1 aromatic carbocycles. The minimum atomic E-state index is -3.45. The van der Waals surface area contributed by atoms with E-state index in [2.05, 4.69) is 10.6 Å². The summed E-state index contributed by atoms with van der Waals surface area (Å²) in [6.45, 7) is 2.29. The molecule has 152 valence electrons. The fraction of sp³-hybridized carbons (Fsp3) is 0.611. The Morgan fingerprint density at radius 1 is 1.22 bits per heavy atom. The molecule has 9 heteroatoms. The molecule has 0 aliphatic carbocycles. The Bertz CT molecular complexity index is 724. The van der Waals surface area contributed by atoms with E-state index in [0.717, 1.165) is 32.2 Å². The molecule has 0 bridgehead atoms. The molecule has 2 fully saturated rings. The Hall–Kier alpha value is -1.22. The van der Waals surface area contributed by atoms with Crippen LogP contribution in [0.3, 0.4) is 0 Å². The van der Waals surface area contributed by atoms with Crippen molar-refractivity contribution in [3.8, 4) is 0 Å². The van der Waals surface area contributed by atoms with Gasteiger partial charge in [0.15, 0.2) is 0 Å². The highest BCUT2D eigenvalue weighted by molar-refractivity contribution is 7.88. The van der Waals surface area contributed by atoms with Gasteiger partial charge in [-0.2, -0.15) is 0 Å². The van der Waals surface area contributed by atoms with Crippen molar-refractivity contribution in [2.75, 3.05) is 26.2 Å². The van der Waals surface area contributed by atoms with Crippen LogP contribution in [0.4, 0.5) is 4.39 Å². The highest BCUT2D eigenvalue weighted by Crippen LogP contribution is 2.21. The summed E-state index contributed by atoms with van der Waals surface area (Å²) in [5.74, 6) is -0.374. The summed E-state index contributed by atoms with van der Waals surface area (Å²) in [7, 11) is -3.45. The van der Waals surface area contributed by atoms with Crippen LogP contribution in [0.15, 0.2) is 24.3 Å². The highest BCUT2D eigenvalue weighted by Gasteiger charge is 2.30. The summed E-state index contributed by atoms with van der Waals surface area (Å²) >= 11 is 0. The van der Waals surface area contributed by atoms with Gasteiger partial charge in [-0.1, -0.05) is 12.1 Å². The largest absolute Gasteiger partial charge is 0.354 e. The van der Waals surface area contributed by atoms with E-state index in [-0.39, 0.29) is 41.8 Å². The number of amides is 1. The van der Waals surface area contributed by atoms with E-state index in [9.17, 15) is 17.6 Å². The summed E-state index contributed by atoms with van der Waals surface area (Å²) in [5, 5.41) is 6.12. The zero-order valence-electron chi connectivity index (χ0n) is 15.2. The van der Waals surface area contributed by atoms with E-state index in [4.69, 9.17) is 0 Å². The van der Waals surface area contributed by atoms with Crippen LogP contribution >= 0.6 is 12.4 Å². The zero-order valence-corrected chi connectivity index (χ0v) is 16.8. The number of hydrogen-bond acceptors (Lipinski definition) is 4. The second kappa shape index (κ2) is 9.82. The number of halogens is 2. The molecule has 2 atom stereocenters. The summed E-state index contributed by atoms with van der Waals surface area (Å²) in [6, 6.07) is 5.44. The molecule has 0 saturated carbocycles. The van der Waals surface area contributed by atoms with Crippen molar-refractivity contribution < 1.29 is 17.6 Å². The lowest BCUT2D eigenvalue weighted by molar-refractivity contribution is -0.123. The third-order valence-corrected chi connectivity index (χ3v) is 6.90. The van der Waals surface area contributed by atoms with Crippen molar-refractivity contribution in [1.29, 1.82) is 0 Å². The van der Waals surface area contributed by atoms with Crippen molar-refractivity contribution in [3.05, 3.63) is 35.6 Å². The molecule has 0 aromatic heterocycles. The van der Waals surface area contributed by atoms with Crippen LogP contribution in [0.1, 0.15) is 31.2 Å². The number of nitrogens with one attached hydrogen (secondary N) is 2. The first-order valence-corrected chi connectivity index (χ1v) is 10.8. The average molecular weight is 420 g/mol. The van der Waals surface area contributed by atoms with Crippen LogP contribution in [0.5, 0.6) is 0 Å². The maximum Gasteiger partial charge on any atom is 0.237 e. The van der Waals surface area contributed by atoms with Crippen molar-refractivity contribution in [2.24, 2.45) is 5.92 Å². The Balaban J connectivity index is 0.00000261. The Kier molecular flexibility index (Phi) is 8.03. The van der Waals surface area contributed by atoms with E-state index in [0.29, 0.717) is 25.2 Å². The maximum atomic E-state index is 13.0. The van der Waals surface area contributed by atoms with E-state index >= 15 is 0 Å². The molecule has 0 radical (unpaired) electrons. The first-order chi connectivity index (χ1) is 12.4. The van der Waals surface area contributed by atoms with Crippen LogP contribution in [0.25, 0.3) is 0 Å². The molecule has 0 spiro atoms. The molecule has 1 aromatic rings. The van der Waals surface area contributed by atoms with Gasteiger partial charge in [0.05, 0.1) is 11.8 Å².